The van der Waals surface area contributed by atoms with E-state index in [1.807, 2.05) is 48.5 Å². The lowest BCUT2D eigenvalue weighted by Gasteiger charge is -2.21. The zero-order chi connectivity index (χ0) is 21.8. The number of nitrogens with one attached hydrogen (secondary N) is 2. The smallest absolute Gasteiger partial charge is 0.407 e. The van der Waals surface area contributed by atoms with Gasteiger partial charge in [0.2, 0.25) is 5.91 Å². The molecular formula is C22H24N2O6. The molecule has 0 aromatic heterocycles. The Bertz CT molecular complexity index is 913. The van der Waals surface area contributed by atoms with Gasteiger partial charge in [0.1, 0.15) is 12.6 Å². The van der Waals surface area contributed by atoms with Crippen molar-refractivity contribution in [2.24, 2.45) is 0 Å². The van der Waals surface area contributed by atoms with Gasteiger partial charge in [-0.25, -0.2) is 9.59 Å². The summed E-state index contributed by atoms with van der Waals surface area (Å²) in [4.78, 5) is 35.4. The monoisotopic (exact) mass is 412 g/mol. The summed E-state index contributed by atoms with van der Waals surface area (Å²) in [5.41, 5.74) is 4.34. The lowest BCUT2D eigenvalue weighted by Crippen LogP contribution is -2.53. The van der Waals surface area contributed by atoms with Crippen molar-refractivity contribution in [1.82, 2.24) is 10.6 Å². The van der Waals surface area contributed by atoms with Crippen molar-refractivity contribution in [3.63, 3.8) is 0 Å². The van der Waals surface area contributed by atoms with Crippen LogP contribution < -0.4 is 10.6 Å². The Morgan fingerprint density at radius 1 is 0.967 bits per heavy atom. The van der Waals surface area contributed by atoms with Crippen molar-refractivity contribution in [2.75, 3.05) is 6.61 Å². The van der Waals surface area contributed by atoms with Crippen LogP contribution in [0.3, 0.4) is 0 Å². The number of aliphatic hydroxyl groups excluding tert-OH is 1. The predicted molar refractivity (Wildman–Crippen MR) is 109 cm³/mol. The number of fused-ring (bicyclic) bond motifs is 3. The van der Waals surface area contributed by atoms with E-state index in [0.29, 0.717) is 0 Å². The van der Waals surface area contributed by atoms with Gasteiger partial charge >= 0.3 is 12.1 Å². The van der Waals surface area contributed by atoms with Gasteiger partial charge in [0, 0.05) is 5.92 Å². The first kappa shape index (κ1) is 21.3. The van der Waals surface area contributed by atoms with Gasteiger partial charge in [-0.2, -0.15) is 0 Å². The first-order chi connectivity index (χ1) is 14.3. The minimum Gasteiger partial charge on any atom is -0.480 e. The zero-order valence-electron chi connectivity index (χ0n) is 16.7. The van der Waals surface area contributed by atoms with Crippen LogP contribution in [-0.4, -0.2) is 53.0 Å². The van der Waals surface area contributed by atoms with Crippen molar-refractivity contribution < 1.29 is 29.3 Å². The molecule has 30 heavy (non-hydrogen) atoms. The summed E-state index contributed by atoms with van der Waals surface area (Å²) in [7, 11) is 0. The van der Waals surface area contributed by atoms with E-state index in [2.05, 4.69) is 10.6 Å². The molecule has 0 fully saturated rings. The fourth-order valence-electron chi connectivity index (χ4n) is 3.55. The average Bonchev–Trinajstić information content (AvgIpc) is 3.03. The number of carbonyl (C=O) groups is 3. The number of aliphatic hydroxyl groups is 1. The Hall–Kier alpha value is -3.39. The summed E-state index contributed by atoms with van der Waals surface area (Å²) in [5, 5.41) is 23.1. The quantitative estimate of drug-likeness (QED) is 0.550. The highest BCUT2D eigenvalue weighted by molar-refractivity contribution is 5.89. The van der Waals surface area contributed by atoms with Crippen LogP contribution in [-0.2, 0) is 14.3 Å². The molecule has 8 nitrogen and oxygen atoms in total. The number of hydrogen-bond acceptors (Lipinski definition) is 5. The number of amides is 2. The number of ether oxygens (including phenoxy) is 1. The van der Waals surface area contributed by atoms with Crippen LogP contribution in [0.1, 0.15) is 30.9 Å². The number of aliphatic carboxylic acids is 1. The second kappa shape index (κ2) is 8.96. The molecule has 0 aliphatic heterocycles. The molecule has 2 aromatic rings. The summed E-state index contributed by atoms with van der Waals surface area (Å²) < 4.78 is 5.36. The van der Waals surface area contributed by atoms with Crippen molar-refractivity contribution >= 4 is 18.0 Å². The van der Waals surface area contributed by atoms with E-state index < -0.39 is 36.2 Å². The van der Waals surface area contributed by atoms with E-state index in [1.165, 1.54) is 13.8 Å². The fourth-order valence-corrected chi connectivity index (χ4v) is 3.55. The third-order valence-corrected chi connectivity index (χ3v) is 5.12. The molecule has 3 atom stereocenters. The van der Waals surface area contributed by atoms with Crippen LogP contribution in [0.4, 0.5) is 4.79 Å². The number of benzene rings is 2. The highest BCUT2D eigenvalue weighted by atomic mass is 16.5. The van der Waals surface area contributed by atoms with Crippen LogP contribution in [0, 0.1) is 0 Å². The summed E-state index contributed by atoms with van der Waals surface area (Å²) in [6, 6.07) is 13.3. The van der Waals surface area contributed by atoms with Crippen LogP contribution in [0.25, 0.3) is 11.1 Å². The third kappa shape index (κ3) is 4.44. The van der Waals surface area contributed by atoms with Crippen LogP contribution in [0.2, 0.25) is 0 Å². The maximum atomic E-state index is 12.2. The second-order valence-electron chi connectivity index (χ2n) is 7.26. The molecule has 1 aliphatic rings. The highest BCUT2D eigenvalue weighted by Crippen LogP contribution is 2.44. The Morgan fingerprint density at radius 2 is 1.50 bits per heavy atom. The number of rotatable bonds is 7. The van der Waals surface area contributed by atoms with Gasteiger partial charge in [-0.1, -0.05) is 48.5 Å². The molecule has 3 rings (SSSR count). The molecule has 0 saturated heterocycles. The normalized spacial score (nSPS) is 15.3. The number of carboxylic acid groups (broad SMARTS) is 1. The molecule has 0 saturated carbocycles. The van der Waals surface area contributed by atoms with Crippen LogP contribution in [0.5, 0.6) is 0 Å². The Kier molecular flexibility index (Phi) is 6.37. The predicted octanol–water partition coefficient (Wildman–Crippen LogP) is 1.86. The summed E-state index contributed by atoms with van der Waals surface area (Å²) in [5.74, 6) is -2.22. The number of hydrogen-bond donors (Lipinski definition) is 4. The number of alkyl carbamates (subject to hydrolysis) is 1. The molecule has 0 radical (unpaired) electrons. The Balaban J connectivity index is 1.60. The van der Waals surface area contributed by atoms with Gasteiger partial charge in [-0.3, -0.25) is 4.79 Å². The molecule has 1 aliphatic carbocycles. The first-order valence-electron chi connectivity index (χ1n) is 9.62. The summed E-state index contributed by atoms with van der Waals surface area (Å²) >= 11 is 0. The molecule has 0 spiro atoms. The van der Waals surface area contributed by atoms with Crippen molar-refractivity contribution in [3.8, 4) is 11.1 Å². The van der Waals surface area contributed by atoms with Gasteiger partial charge in [0.25, 0.3) is 0 Å². The van der Waals surface area contributed by atoms with Crippen LogP contribution in [0.15, 0.2) is 48.5 Å². The maximum absolute atomic E-state index is 12.2. The standard InChI is InChI=1S/C22H24N2O6/c1-12(20(26)24-19(13(2)25)21(27)28)23-22(29)30-11-18-16-9-5-3-7-14(16)15-8-4-6-10-17(15)18/h3-10,12-13,18-19,25H,11H2,1-2H3,(H,23,29)(H,24,26)(H,27,28)/t12-,13?,19?/m0/s1. The molecule has 158 valence electrons. The van der Waals surface area contributed by atoms with E-state index in [9.17, 15) is 19.5 Å². The molecular weight excluding hydrogens is 388 g/mol. The van der Waals surface area contributed by atoms with E-state index in [4.69, 9.17) is 9.84 Å². The average molecular weight is 412 g/mol. The topological polar surface area (TPSA) is 125 Å². The Morgan fingerprint density at radius 3 is 2.00 bits per heavy atom. The van der Waals surface area contributed by atoms with Gasteiger partial charge in [0.15, 0.2) is 6.04 Å². The van der Waals surface area contributed by atoms with E-state index >= 15 is 0 Å². The highest BCUT2D eigenvalue weighted by Gasteiger charge is 2.30. The molecule has 8 heteroatoms. The first-order valence-corrected chi connectivity index (χ1v) is 9.62. The van der Waals surface area contributed by atoms with E-state index in [-0.39, 0.29) is 12.5 Å². The lowest BCUT2D eigenvalue weighted by molar-refractivity contribution is -0.145. The second-order valence-corrected chi connectivity index (χ2v) is 7.26. The number of carbonyl (C=O) groups excluding carboxylic acids is 2. The molecule has 2 aromatic carbocycles. The van der Waals surface area contributed by atoms with Gasteiger partial charge in [-0.15, -0.1) is 0 Å². The lowest BCUT2D eigenvalue weighted by atomic mass is 9.98. The summed E-state index contributed by atoms with van der Waals surface area (Å²) in [6.45, 7) is 2.75. The van der Waals surface area contributed by atoms with E-state index in [0.717, 1.165) is 22.3 Å². The SMILES string of the molecule is CC(O)C(NC(=O)[C@H](C)NC(=O)OCC1c2ccccc2-c2ccccc21)C(=O)O. The molecule has 2 unspecified atom stereocenters. The van der Waals surface area contributed by atoms with Gasteiger partial charge in [0.05, 0.1) is 6.10 Å². The molecule has 4 N–H and O–H groups in total. The minimum atomic E-state index is -1.47. The minimum absolute atomic E-state index is 0.0968. The van der Waals surface area contributed by atoms with Crippen molar-refractivity contribution in [2.45, 2.75) is 38.0 Å². The third-order valence-electron chi connectivity index (χ3n) is 5.12. The van der Waals surface area contributed by atoms with Gasteiger partial charge in [-0.05, 0) is 36.1 Å². The molecule has 0 heterocycles. The largest absolute Gasteiger partial charge is 0.480 e. The number of carboxylic acids is 1. The van der Waals surface area contributed by atoms with Crippen LogP contribution >= 0.6 is 0 Å². The zero-order valence-corrected chi connectivity index (χ0v) is 16.7. The molecule has 0 bridgehead atoms. The van der Waals surface area contributed by atoms with Crippen molar-refractivity contribution in [1.29, 1.82) is 0 Å². The Labute approximate surface area is 173 Å². The fraction of sp³-hybridized carbons (Fsp3) is 0.318. The van der Waals surface area contributed by atoms with Gasteiger partial charge < -0.3 is 25.6 Å². The summed E-state index contributed by atoms with van der Waals surface area (Å²) in [6.07, 6.45) is -2.07. The van der Waals surface area contributed by atoms with Crippen molar-refractivity contribution in [3.05, 3.63) is 59.7 Å². The maximum Gasteiger partial charge on any atom is 0.407 e. The molecule has 2 amide bonds. The van der Waals surface area contributed by atoms with E-state index in [1.54, 1.807) is 0 Å².